The van der Waals surface area contributed by atoms with Gasteiger partial charge in [-0.1, -0.05) is 28.9 Å². The Bertz CT molecular complexity index is 822. The molecule has 0 aliphatic heterocycles. The molecule has 0 bridgehead atoms. The van der Waals surface area contributed by atoms with Crippen LogP contribution in [-0.2, 0) is 5.54 Å². The number of rotatable bonds is 3. The fourth-order valence-electron chi connectivity index (χ4n) is 2.54. The third-order valence-corrected chi connectivity index (χ3v) is 4.34. The van der Waals surface area contributed by atoms with Crippen LogP contribution in [0, 0.1) is 0 Å². The fraction of sp³-hybridized carbons (Fsp3) is 0.267. The normalized spacial score (nSPS) is 16.5. The zero-order valence-electron chi connectivity index (χ0n) is 11.6. The van der Waals surface area contributed by atoms with E-state index < -0.39 is 5.54 Å². The molecule has 2 aromatic heterocycles. The van der Waals surface area contributed by atoms with Crippen LogP contribution in [0.5, 0.6) is 0 Å². The number of aromatic nitrogens is 3. The van der Waals surface area contributed by atoms with Crippen molar-refractivity contribution in [2.75, 3.05) is 0 Å². The van der Waals surface area contributed by atoms with Crippen LogP contribution in [0.3, 0.4) is 0 Å². The monoisotopic (exact) mass is 316 g/mol. The summed E-state index contributed by atoms with van der Waals surface area (Å²) in [6.07, 6.45) is 4.14. The van der Waals surface area contributed by atoms with Gasteiger partial charge in [0.15, 0.2) is 23.7 Å². The summed E-state index contributed by atoms with van der Waals surface area (Å²) < 4.78 is 10.8. The summed E-state index contributed by atoms with van der Waals surface area (Å²) in [5.74, 6) is 1.30. The van der Waals surface area contributed by atoms with Crippen LogP contribution in [0.4, 0.5) is 0 Å². The summed E-state index contributed by atoms with van der Waals surface area (Å²) in [7, 11) is 0. The van der Waals surface area contributed by atoms with Gasteiger partial charge in [0.2, 0.25) is 0 Å². The smallest absolute Gasteiger partial charge is 0.280 e. The Morgan fingerprint density at radius 3 is 2.77 bits per heavy atom. The van der Waals surface area contributed by atoms with Crippen molar-refractivity contribution in [2.45, 2.75) is 24.8 Å². The van der Waals surface area contributed by atoms with Gasteiger partial charge in [-0.05, 0) is 31.4 Å². The first kappa shape index (κ1) is 13.5. The number of halogens is 1. The average Bonchev–Trinajstić information content (AvgIpc) is 3.14. The van der Waals surface area contributed by atoms with Crippen LogP contribution < -0.4 is 5.73 Å². The highest BCUT2D eigenvalue weighted by molar-refractivity contribution is 6.33. The van der Waals surface area contributed by atoms with Gasteiger partial charge in [-0.15, -0.1) is 0 Å². The lowest BCUT2D eigenvalue weighted by atomic mass is 9.77. The molecule has 0 spiro atoms. The third kappa shape index (κ3) is 2.03. The molecule has 2 heterocycles. The standard InChI is InChI=1S/C15H13ClN4O2/c16-10-5-2-1-4-9(10)12-11(18-8-21-12)13-19-14(20-22-13)15(17)6-3-7-15/h1-2,4-5,8H,3,6-7,17H2. The van der Waals surface area contributed by atoms with Gasteiger partial charge in [0.05, 0.1) is 10.6 Å². The molecule has 2 N–H and O–H groups in total. The summed E-state index contributed by atoms with van der Waals surface area (Å²) >= 11 is 6.21. The molecular formula is C15H13ClN4O2. The molecule has 6 nitrogen and oxygen atoms in total. The second-order valence-corrected chi connectivity index (χ2v) is 5.85. The van der Waals surface area contributed by atoms with Gasteiger partial charge in [0.1, 0.15) is 0 Å². The van der Waals surface area contributed by atoms with Crippen LogP contribution in [0.25, 0.3) is 22.9 Å². The highest BCUT2D eigenvalue weighted by atomic mass is 35.5. The van der Waals surface area contributed by atoms with Crippen molar-refractivity contribution in [1.82, 2.24) is 15.1 Å². The maximum atomic E-state index is 6.21. The molecule has 4 rings (SSSR count). The number of nitrogens with two attached hydrogens (primary N) is 1. The van der Waals surface area contributed by atoms with E-state index in [1.54, 1.807) is 6.07 Å². The van der Waals surface area contributed by atoms with Crippen molar-refractivity contribution < 1.29 is 8.94 Å². The minimum Gasteiger partial charge on any atom is -0.443 e. The van der Waals surface area contributed by atoms with Crippen LogP contribution in [0.2, 0.25) is 5.02 Å². The minimum atomic E-state index is -0.476. The third-order valence-electron chi connectivity index (χ3n) is 4.01. The summed E-state index contributed by atoms with van der Waals surface area (Å²) in [5, 5.41) is 4.56. The van der Waals surface area contributed by atoms with Gasteiger partial charge in [0, 0.05) is 5.56 Å². The number of hydrogen-bond acceptors (Lipinski definition) is 6. The summed E-state index contributed by atoms with van der Waals surface area (Å²) in [5.41, 5.74) is 6.93. The molecule has 1 aromatic carbocycles. The Labute approximate surface area is 131 Å². The van der Waals surface area contributed by atoms with Crippen molar-refractivity contribution >= 4 is 11.6 Å². The molecule has 1 fully saturated rings. The van der Waals surface area contributed by atoms with Crippen molar-refractivity contribution in [1.29, 1.82) is 0 Å². The van der Waals surface area contributed by atoms with Crippen molar-refractivity contribution in [3.8, 4) is 22.9 Å². The summed E-state index contributed by atoms with van der Waals surface area (Å²) in [6.45, 7) is 0. The van der Waals surface area contributed by atoms with Crippen LogP contribution in [0.15, 0.2) is 39.6 Å². The first-order chi connectivity index (χ1) is 10.7. The Morgan fingerprint density at radius 2 is 2.05 bits per heavy atom. The lowest BCUT2D eigenvalue weighted by Crippen LogP contribution is -2.44. The summed E-state index contributed by atoms with van der Waals surface area (Å²) in [4.78, 5) is 8.57. The molecule has 0 amide bonds. The molecule has 22 heavy (non-hydrogen) atoms. The average molecular weight is 317 g/mol. The Morgan fingerprint density at radius 1 is 1.23 bits per heavy atom. The Balaban J connectivity index is 1.76. The molecule has 0 unspecified atom stereocenters. The Kier molecular flexibility index (Phi) is 3.02. The first-order valence-electron chi connectivity index (χ1n) is 6.99. The summed E-state index contributed by atoms with van der Waals surface area (Å²) in [6, 6.07) is 7.35. The molecule has 0 radical (unpaired) electrons. The Hall–Kier alpha value is -2.18. The minimum absolute atomic E-state index is 0.287. The van der Waals surface area contributed by atoms with Gasteiger partial charge < -0.3 is 14.7 Å². The molecular weight excluding hydrogens is 304 g/mol. The first-order valence-corrected chi connectivity index (χ1v) is 7.37. The molecule has 1 aliphatic rings. The van der Waals surface area contributed by atoms with Crippen molar-refractivity contribution in [2.24, 2.45) is 5.73 Å². The van der Waals surface area contributed by atoms with Gasteiger partial charge >= 0.3 is 0 Å². The number of nitrogens with zero attached hydrogens (tertiary/aromatic N) is 3. The van der Waals surface area contributed by atoms with Crippen LogP contribution in [0.1, 0.15) is 25.1 Å². The van der Waals surface area contributed by atoms with Gasteiger partial charge in [-0.3, -0.25) is 0 Å². The zero-order valence-corrected chi connectivity index (χ0v) is 12.4. The molecule has 3 aromatic rings. The van der Waals surface area contributed by atoms with E-state index in [2.05, 4.69) is 15.1 Å². The van der Waals surface area contributed by atoms with Gasteiger partial charge in [-0.2, -0.15) is 4.98 Å². The lowest BCUT2D eigenvalue weighted by Gasteiger charge is -2.34. The van der Waals surface area contributed by atoms with E-state index in [0.29, 0.717) is 22.3 Å². The molecule has 112 valence electrons. The van der Waals surface area contributed by atoms with Gasteiger partial charge in [0.25, 0.3) is 5.89 Å². The molecule has 0 atom stereocenters. The SMILES string of the molecule is NC1(c2noc(-c3ncoc3-c3ccccc3Cl)n2)CCC1. The van der Waals surface area contributed by atoms with Crippen LogP contribution in [-0.4, -0.2) is 15.1 Å². The highest BCUT2D eigenvalue weighted by Gasteiger charge is 2.39. The number of oxazole rings is 1. The number of benzene rings is 1. The van der Waals surface area contributed by atoms with Crippen molar-refractivity contribution in [3.05, 3.63) is 41.5 Å². The maximum Gasteiger partial charge on any atom is 0.280 e. The highest BCUT2D eigenvalue weighted by Crippen LogP contribution is 2.39. The molecule has 7 heteroatoms. The van der Waals surface area contributed by atoms with Gasteiger partial charge in [-0.25, -0.2) is 4.98 Å². The lowest BCUT2D eigenvalue weighted by molar-refractivity contribution is 0.229. The van der Waals surface area contributed by atoms with E-state index >= 15 is 0 Å². The van der Waals surface area contributed by atoms with Crippen LogP contribution >= 0.6 is 11.6 Å². The largest absolute Gasteiger partial charge is 0.443 e. The van der Waals surface area contributed by atoms with Crippen molar-refractivity contribution in [3.63, 3.8) is 0 Å². The number of hydrogen-bond donors (Lipinski definition) is 1. The topological polar surface area (TPSA) is 91.0 Å². The van der Waals surface area contributed by atoms with E-state index in [-0.39, 0.29) is 5.89 Å². The van der Waals surface area contributed by atoms with E-state index in [1.165, 1.54) is 6.39 Å². The zero-order chi connectivity index (χ0) is 15.2. The molecule has 1 saturated carbocycles. The van der Waals surface area contributed by atoms with E-state index in [9.17, 15) is 0 Å². The predicted octanol–water partition coefficient (Wildman–Crippen LogP) is 3.38. The van der Waals surface area contributed by atoms with E-state index in [0.717, 1.165) is 24.8 Å². The quantitative estimate of drug-likeness (QED) is 0.796. The van der Waals surface area contributed by atoms with E-state index in [4.69, 9.17) is 26.3 Å². The second-order valence-electron chi connectivity index (χ2n) is 5.44. The maximum absolute atomic E-state index is 6.21. The molecule has 1 aliphatic carbocycles. The second kappa shape index (κ2) is 4.93. The van der Waals surface area contributed by atoms with E-state index in [1.807, 2.05) is 18.2 Å². The fourth-order valence-corrected chi connectivity index (χ4v) is 2.76. The predicted molar refractivity (Wildman–Crippen MR) is 80.0 cm³/mol. The molecule has 0 saturated heterocycles.